The van der Waals surface area contributed by atoms with Gasteiger partial charge in [-0.3, -0.25) is 14.6 Å². The zero-order valence-electron chi connectivity index (χ0n) is 14.6. The van der Waals surface area contributed by atoms with Gasteiger partial charge in [-0.15, -0.1) is 0 Å². The first kappa shape index (κ1) is 19.9. The van der Waals surface area contributed by atoms with Crippen LogP contribution in [-0.4, -0.2) is 45.0 Å². The van der Waals surface area contributed by atoms with Crippen LogP contribution in [0.25, 0.3) is 11.4 Å². The second-order valence-corrected chi connectivity index (χ2v) is 5.60. The van der Waals surface area contributed by atoms with E-state index in [9.17, 15) is 22.8 Å². The molecule has 0 aliphatic rings. The number of carbonyl (C=O) groups excluding carboxylic acids is 2. The summed E-state index contributed by atoms with van der Waals surface area (Å²) in [5.41, 5.74) is -0.416. The van der Waals surface area contributed by atoms with Gasteiger partial charge in [0.25, 0.3) is 5.91 Å². The molecular formula is C17H13F3N6O3. The van der Waals surface area contributed by atoms with Crippen molar-refractivity contribution in [3.8, 4) is 11.4 Å². The molecule has 2 N–H and O–H groups in total. The molecule has 0 atom stereocenters. The van der Waals surface area contributed by atoms with E-state index in [1.165, 1.54) is 30.7 Å². The average Bonchev–Trinajstić information content (AvgIpc) is 3.21. The molecule has 0 fully saturated rings. The number of alkyl halides is 3. The predicted molar refractivity (Wildman–Crippen MR) is 91.4 cm³/mol. The van der Waals surface area contributed by atoms with Crippen molar-refractivity contribution < 1.29 is 27.3 Å². The van der Waals surface area contributed by atoms with Crippen LogP contribution in [0, 0.1) is 0 Å². The van der Waals surface area contributed by atoms with Crippen LogP contribution in [0.4, 0.5) is 13.2 Å². The second kappa shape index (κ2) is 8.46. The first-order valence-electron chi connectivity index (χ1n) is 8.18. The van der Waals surface area contributed by atoms with E-state index in [2.05, 4.69) is 30.7 Å². The first-order valence-corrected chi connectivity index (χ1v) is 8.18. The molecule has 2 aromatic heterocycles. The van der Waals surface area contributed by atoms with Gasteiger partial charge >= 0.3 is 18.0 Å². The molecule has 0 saturated carbocycles. The van der Waals surface area contributed by atoms with Gasteiger partial charge in [0, 0.05) is 31.0 Å². The van der Waals surface area contributed by atoms with Crippen LogP contribution in [0.5, 0.6) is 0 Å². The van der Waals surface area contributed by atoms with Crippen molar-refractivity contribution in [2.45, 2.75) is 6.18 Å². The van der Waals surface area contributed by atoms with Gasteiger partial charge in [0.05, 0.1) is 11.8 Å². The number of rotatable bonds is 6. The number of nitrogens with zero attached hydrogens (tertiary/aromatic N) is 4. The molecule has 0 saturated heterocycles. The minimum Gasteiger partial charge on any atom is -0.349 e. The van der Waals surface area contributed by atoms with E-state index in [4.69, 9.17) is 4.52 Å². The summed E-state index contributed by atoms with van der Waals surface area (Å²) in [5, 5.41) is 8.59. The summed E-state index contributed by atoms with van der Waals surface area (Å²) in [6.45, 7) is 0.184. The zero-order chi connectivity index (χ0) is 20.9. The highest BCUT2D eigenvalue weighted by atomic mass is 19.4. The van der Waals surface area contributed by atoms with E-state index in [0.717, 1.165) is 12.1 Å². The largest absolute Gasteiger partial charge is 0.416 e. The third kappa shape index (κ3) is 5.12. The summed E-state index contributed by atoms with van der Waals surface area (Å²) in [6.07, 6.45) is -0.348. The van der Waals surface area contributed by atoms with Crippen molar-refractivity contribution >= 4 is 11.8 Å². The molecule has 150 valence electrons. The monoisotopic (exact) mass is 406 g/mol. The molecule has 1 aromatic carbocycles. The molecule has 2 heterocycles. The Labute approximate surface area is 161 Å². The SMILES string of the molecule is O=C(NCCNC(=O)c1nc(-c2ccc(C(F)(F)F)cc2)no1)c1cnccn1. The summed E-state index contributed by atoms with van der Waals surface area (Å²) in [5.74, 6) is -1.53. The lowest BCUT2D eigenvalue weighted by atomic mass is 10.1. The van der Waals surface area contributed by atoms with Crippen LogP contribution >= 0.6 is 0 Å². The Kier molecular flexibility index (Phi) is 5.81. The zero-order valence-corrected chi connectivity index (χ0v) is 14.6. The van der Waals surface area contributed by atoms with Crippen LogP contribution in [-0.2, 0) is 6.18 Å². The summed E-state index contributed by atoms with van der Waals surface area (Å²) < 4.78 is 42.6. The Morgan fingerprint density at radius 3 is 2.31 bits per heavy atom. The molecule has 2 amide bonds. The highest BCUT2D eigenvalue weighted by Gasteiger charge is 2.30. The molecule has 0 aliphatic heterocycles. The molecular weight excluding hydrogens is 393 g/mol. The van der Waals surface area contributed by atoms with Crippen molar-refractivity contribution in [3.63, 3.8) is 0 Å². The van der Waals surface area contributed by atoms with Gasteiger partial charge in [-0.25, -0.2) is 4.98 Å². The maximum Gasteiger partial charge on any atom is 0.416 e. The van der Waals surface area contributed by atoms with Crippen LogP contribution < -0.4 is 10.6 Å². The number of hydrogen-bond donors (Lipinski definition) is 2. The van der Waals surface area contributed by atoms with Gasteiger partial charge in [-0.1, -0.05) is 17.3 Å². The van der Waals surface area contributed by atoms with E-state index in [-0.39, 0.29) is 36.1 Å². The molecule has 0 unspecified atom stereocenters. The molecule has 9 nitrogen and oxygen atoms in total. The van der Waals surface area contributed by atoms with E-state index in [1.54, 1.807) is 0 Å². The molecule has 3 rings (SSSR count). The number of halogens is 3. The Morgan fingerprint density at radius 2 is 1.69 bits per heavy atom. The molecule has 0 radical (unpaired) electrons. The number of nitrogens with one attached hydrogen (secondary N) is 2. The molecule has 29 heavy (non-hydrogen) atoms. The third-order valence-electron chi connectivity index (χ3n) is 3.58. The van der Waals surface area contributed by atoms with E-state index < -0.39 is 23.6 Å². The average molecular weight is 406 g/mol. The fourth-order valence-corrected chi connectivity index (χ4v) is 2.18. The fourth-order valence-electron chi connectivity index (χ4n) is 2.18. The number of aromatic nitrogens is 4. The molecule has 3 aromatic rings. The van der Waals surface area contributed by atoms with Crippen molar-refractivity contribution in [2.24, 2.45) is 0 Å². The summed E-state index contributed by atoms with van der Waals surface area (Å²) in [6, 6.07) is 4.12. The summed E-state index contributed by atoms with van der Waals surface area (Å²) >= 11 is 0. The number of benzene rings is 1. The highest BCUT2D eigenvalue weighted by molar-refractivity contribution is 5.92. The van der Waals surface area contributed by atoms with Gasteiger partial charge in [-0.05, 0) is 12.1 Å². The number of hydrogen-bond acceptors (Lipinski definition) is 7. The van der Waals surface area contributed by atoms with Crippen LogP contribution in [0.3, 0.4) is 0 Å². The highest BCUT2D eigenvalue weighted by Crippen LogP contribution is 2.30. The van der Waals surface area contributed by atoms with Gasteiger partial charge in [0.15, 0.2) is 0 Å². The third-order valence-corrected chi connectivity index (χ3v) is 3.58. The maximum absolute atomic E-state index is 12.6. The topological polar surface area (TPSA) is 123 Å². The van der Waals surface area contributed by atoms with Crippen LogP contribution in [0.2, 0.25) is 0 Å². The van der Waals surface area contributed by atoms with Crippen molar-refractivity contribution in [1.82, 2.24) is 30.7 Å². The quantitative estimate of drug-likeness (QED) is 0.598. The molecule has 0 bridgehead atoms. The van der Waals surface area contributed by atoms with Crippen molar-refractivity contribution in [1.29, 1.82) is 0 Å². The first-order chi connectivity index (χ1) is 13.8. The Hall–Kier alpha value is -3.83. The minimum atomic E-state index is -4.46. The standard InChI is InChI=1S/C17H13F3N6O3/c18-17(19,20)11-3-1-10(2-4-11)13-25-16(29-26-13)15(28)24-8-7-23-14(27)12-9-21-5-6-22-12/h1-6,9H,7-8H2,(H,23,27)(H,24,28). The minimum absolute atomic E-state index is 0.0279. The predicted octanol–water partition coefficient (Wildman–Crippen LogP) is 1.71. The van der Waals surface area contributed by atoms with Gasteiger partial charge < -0.3 is 15.2 Å². The normalized spacial score (nSPS) is 11.1. The lowest BCUT2D eigenvalue weighted by Crippen LogP contribution is -2.35. The van der Waals surface area contributed by atoms with Crippen molar-refractivity contribution in [3.05, 3.63) is 60.0 Å². The molecule has 12 heteroatoms. The van der Waals surface area contributed by atoms with Crippen molar-refractivity contribution in [2.75, 3.05) is 13.1 Å². The lowest BCUT2D eigenvalue weighted by molar-refractivity contribution is -0.137. The molecule has 0 aliphatic carbocycles. The van der Waals surface area contributed by atoms with Gasteiger partial charge in [0.1, 0.15) is 5.69 Å². The van der Waals surface area contributed by atoms with Gasteiger partial charge in [0.2, 0.25) is 5.82 Å². The molecule has 0 spiro atoms. The fraction of sp³-hybridized carbons (Fsp3) is 0.176. The Morgan fingerprint density at radius 1 is 1.00 bits per heavy atom. The Bertz CT molecular complexity index is 990. The van der Waals surface area contributed by atoms with Gasteiger partial charge in [-0.2, -0.15) is 18.2 Å². The van der Waals surface area contributed by atoms with Crippen LogP contribution in [0.15, 0.2) is 47.4 Å². The number of carbonyl (C=O) groups is 2. The Balaban J connectivity index is 1.51. The maximum atomic E-state index is 12.6. The summed E-state index contributed by atoms with van der Waals surface area (Å²) in [7, 11) is 0. The van der Waals surface area contributed by atoms with Crippen LogP contribution in [0.1, 0.15) is 26.7 Å². The van der Waals surface area contributed by atoms with E-state index >= 15 is 0 Å². The summed E-state index contributed by atoms with van der Waals surface area (Å²) in [4.78, 5) is 35.2. The second-order valence-electron chi connectivity index (χ2n) is 5.60. The lowest BCUT2D eigenvalue weighted by Gasteiger charge is -2.05. The van der Waals surface area contributed by atoms with E-state index in [0.29, 0.717) is 0 Å². The van der Waals surface area contributed by atoms with E-state index in [1.807, 2.05) is 0 Å². The number of amides is 2. The smallest absolute Gasteiger partial charge is 0.349 e.